The highest BCUT2D eigenvalue weighted by atomic mass is 127. The summed E-state index contributed by atoms with van der Waals surface area (Å²) in [6.07, 6.45) is 4.25. The Labute approximate surface area is 145 Å². The third-order valence-electron chi connectivity index (χ3n) is 2.75. The summed E-state index contributed by atoms with van der Waals surface area (Å²) in [5, 5.41) is 2.14. The first kappa shape index (κ1) is 17.0. The summed E-state index contributed by atoms with van der Waals surface area (Å²) in [6.45, 7) is -0.547. The molecule has 2 aromatic heterocycles. The van der Waals surface area contributed by atoms with Gasteiger partial charge in [0.05, 0.1) is 0 Å². The van der Waals surface area contributed by atoms with E-state index >= 15 is 0 Å². The van der Waals surface area contributed by atoms with Gasteiger partial charge in [-0.15, -0.1) is 0 Å². The molecule has 2 aromatic rings. The van der Waals surface area contributed by atoms with Gasteiger partial charge in [0.25, 0.3) is 11.8 Å². The van der Waals surface area contributed by atoms with Crippen LogP contribution in [0.4, 0.5) is 0 Å². The Balaban J connectivity index is 1.78. The molecule has 0 aliphatic heterocycles. The molecule has 0 fully saturated rings. The summed E-state index contributed by atoms with van der Waals surface area (Å²) in [7, 11) is 1.68. The average Bonchev–Trinajstić information content (AvgIpc) is 3.11. The first-order valence-corrected chi connectivity index (χ1v) is 7.59. The number of nitrogens with zero attached hydrogens (tertiary/aromatic N) is 1. The van der Waals surface area contributed by atoms with Crippen molar-refractivity contribution in [3.63, 3.8) is 0 Å². The van der Waals surface area contributed by atoms with Gasteiger partial charge in [-0.2, -0.15) is 0 Å². The Bertz CT molecular complexity index is 760. The number of imide groups is 1. The van der Waals surface area contributed by atoms with Crippen LogP contribution in [0.25, 0.3) is 6.08 Å². The number of aryl methyl sites for hydroxylation is 1. The fourth-order valence-electron chi connectivity index (χ4n) is 1.68. The number of hydrogen-bond donors (Lipinski definition) is 1. The monoisotopic (exact) mass is 428 g/mol. The Hall–Kier alpha value is -2.36. The van der Waals surface area contributed by atoms with E-state index in [1.165, 1.54) is 6.08 Å². The van der Waals surface area contributed by atoms with Crippen LogP contribution in [-0.2, 0) is 21.4 Å². The Kier molecular flexibility index (Phi) is 5.74. The molecule has 1 N–H and O–H groups in total. The lowest BCUT2D eigenvalue weighted by Gasteiger charge is -2.05. The van der Waals surface area contributed by atoms with Crippen molar-refractivity contribution < 1.29 is 23.5 Å². The first-order chi connectivity index (χ1) is 11.0. The highest BCUT2D eigenvalue weighted by molar-refractivity contribution is 14.1. The van der Waals surface area contributed by atoms with Gasteiger partial charge in [-0.25, -0.2) is 4.79 Å². The molecule has 8 heteroatoms. The number of esters is 1. The number of hydrogen-bond acceptors (Lipinski definition) is 5. The summed E-state index contributed by atoms with van der Waals surface area (Å²) in [5.74, 6) is -1.47. The van der Waals surface area contributed by atoms with Crippen molar-refractivity contribution in [1.29, 1.82) is 0 Å². The van der Waals surface area contributed by atoms with Crippen molar-refractivity contribution in [2.75, 3.05) is 6.61 Å². The Morgan fingerprint density at radius 2 is 2.13 bits per heavy atom. The molecular weight excluding hydrogens is 415 g/mol. The number of halogens is 1. The molecule has 23 heavy (non-hydrogen) atoms. The van der Waals surface area contributed by atoms with Crippen LogP contribution in [0.15, 0.2) is 41.0 Å². The zero-order chi connectivity index (χ0) is 16.8. The molecule has 0 saturated heterocycles. The van der Waals surface area contributed by atoms with E-state index in [0.29, 0.717) is 15.2 Å². The van der Waals surface area contributed by atoms with Gasteiger partial charge in [0.15, 0.2) is 10.4 Å². The van der Waals surface area contributed by atoms with Crippen LogP contribution in [0.5, 0.6) is 0 Å². The SMILES string of the molecule is Cn1cccc1C(=O)NC(=O)COC(=O)/C=C/c1ccc(I)o1. The van der Waals surface area contributed by atoms with Crippen LogP contribution in [0.2, 0.25) is 0 Å². The van der Waals surface area contributed by atoms with Gasteiger partial charge in [-0.1, -0.05) is 0 Å². The van der Waals surface area contributed by atoms with E-state index in [1.807, 2.05) is 22.6 Å². The van der Waals surface area contributed by atoms with Gasteiger partial charge in [0.2, 0.25) is 0 Å². The lowest BCUT2D eigenvalue weighted by atomic mass is 10.4. The van der Waals surface area contributed by atoms with Gasteiger partial charge in [-0.3, -0.25) is 14.9 Å². The second-order valence-electron chi connectivity index (χ2n) is 4.46. The van der Waals surface area contributed by atoms with E-state index in [2.05, 4.69) is 5.32 Å². The molecule has 0 atom stereocenters. The van der Waals surface area contributed by atoms with Crippen LogP contribution in [0.1, 0.15) is 16.2 Å². The largest absolute Gasteiger partial charge is 0.452 e. The van der Waals surface area contributed by atoms with Crippen molar-refractivity contribution in [3.05, 3.63) is 51.8 Å². The van der Waals surface area contributed by atoms with Crippen molar-refractivity contribution in [2.24, 2.45) is 7.05 Å². The maximum absolute atomic E-state index is 11.8. The predicted molar refractivity (Wildman–Crippen MR) is 89.3 cm³/mol. The van der Waals surface area contributed by atoms with Crippen LogP contribution in [0.3, 0.4) is 0 Å². The molecular formula is C15H13IN2O5. The molecule has 0 saturated carbocycles. The number of carbonyl (C=O) groups is 3. The topological polar surface area (TPSA) is 90.5 Å². The molecule has 0 spiro atoms. The zero-order valence-corrected chi connectivity index (χ0v) is 14.3. The van der Waals surface area contributed by atoms with Crippen molar-refractivity contribution in [3.8, 4) is 0 Å². The van der Waals surface area contributed by atoms with Crippen LogP contribution in [-0.4, -0.2) is 29.0 Å². The number of rotatable bonds is 5. The molecule has 7 nitrogen and oxygen atoms in total. The standard InChI is InChI=1S/C15H13IN2O5/c1-18-8-2-3-11(18)15(21)17-13(19)9-22-14(20)7-5-10-4-6-12(16)23-10/h2-8H,9H2,1H3,(H,17,19,21)/b7-5+. The van der Waals surface area contributed by atoms with Gasteiger partial charge in [0.1, 0.15) is 11.5 Å². The lowest BCUT2D eigenvalue weighted by Crippen LogP contribution is -2.34. The maximum Gasteiger partial charge on any atom is 0.331 e. The summed E-state index contributed by atoms with van der Waals surface area (Å²) in [5.41, 5.74) is 0.331. The third kappa shape index (κ3) is 5.09. The first-order valence-electron chi connectivity index (χ1n) is 6.51. The van der Waals surface area contributed by atoms with Gasteiger partial charge in [-0.05, 0) is 52.9 Å². The lowest BCUT2D eigenvalue weighted by molar-refractivity contribution is -0.143. The van der Waals surface area contributed by atoms with Gasteiger partial charge >= 0.3 is 5.97 Å². The molecule has 0 aromatic carbocycles. The van der Waals surface area contributed by atoms with Crippen LogP contribution < -0.4 is 5.32 Å². The van der Waals surface area contributed by atoms with Crippen LogP contribution in [0, 0.1) is 3.77 Å². The molecule has 120 valence electrons. The number of ether oxygens (including phenoxy) is 1. The summed E-state index contributed by atoms with van der Waals surface area (Å²) in [6, 6.07) is 6.69. The van der Waals surface area contributed by atoms with E-state index in [4.69, 9.17) is 9.15 Å². The molecule has 2 amide bonds. The summed E-state index contributed by atoms with van der Waals surface area (Å²) in [4.78, 5) is 34.8. The number of aromatic nitrogens is 1. The van der Waals surface area contributed by atoms with Crippen molar-refractivity contribution in [1.82, 2.24) is 9.88 Å². The van der Waals surface area contributed by atoms with Gasteiger partial charge < -0.3 is 13.7 Å². The third-order valence-corrected chi connectivity index (χ3v) is 3.33. The molecule has 2 heterocycles. The van der Waals surface area contributed by atoms with Crippen molar-refractivity contribution in [2.45, 2.75) is 0 Å². The molecule has 0 bridgehead atoms. The number of amides is 2. The smallest absolute Gasteiger partial charge is 0.331 e. The molecule has 0 aliphatic rings. The number of carbonyl (C=O) groups excluding carboxylic acids is 3. The van der Waals surface area contributed by atoms with Crippen molar-refractivity contribution >= 4 is 46.5 Å². The minimum absolute atomic E-state index is 0.331. The number of furan rings is 1. The Morgan fingerprint density at radius 3 is 2.74 bits per heavy atom. The average molecular weight is 428 g/mol. The predicted octanol–water partition coefficient (Wildman–Crippen LogP) is 1.74. The summed E-state index contributed by atoms with van der Waals surface area (Å²) >= 11 is 2.00. The minimum atomic E-state index is -0.710. The van der Waals surface area contributed by atoms with Crippen LogP contribution >= 0.6 is 22.6 Å². The second kappa shape index (κ2) is 7.77. The normalized spacial score (nSPS) is 10.7. The fraction of sp³-hybridized carbons (Fsp3) is 0.133. The highest BCUT2D eigenvalue weighted by Gasteiger charge is 2.13. The zero-order valence-electron chi connectivity index (χ0n) is 12.1. The second-order valence-corrected chi connectivity index (χ2v) is 5.53. The maximum atomic E-state index is 11.8. The minimum Gasteiger partial charge on any atom is -0.452 e. The molecule has 0 unspecified atom stereocenters. The molecule has 2 rings (SSSR count). The van der Waals surface area contributed by atoms with E-state index in [1.54, 1.807) is 42.1 Å². The van der Waals surface area contributed by atoms with E-state index in [9.17, 15) is 14.4 Å². The quantitative estimate of drug-likeness (QED) is 0.445. The van der Waals surface area contributed by atoms with E-state index in [-0.39, 0.29) is 0 Å². The van der Waals surface area contributed by atoms with Gasteiger partial charge in [0, 0.05) is 19.3 Å². The highest BCUT2D eigenvalue weighted by Crippen LogP contribution is 2.11. The van der Waals surface area contributed by atoms with E-state index in [0.717, 1.165) is 6.08 Å². The summed E-state index contributed by atoms with van der Waals surface area (Å²) < 4.78 is 12.2. The molecule has 0 radical (unpaired) electrons. The Morgan fingerprint density at radius 1 is 1.35 bits per heavy atom. The molecule has 0 aliphatic carbocycles. The number of nitrogens with one attached hydrogen (secondary N) is 1. The van der Waals surface area contributed by atoms with E-state index < -0.39 is 24.4 Å². The fourth-order valence-corrected chi connectivity index (χ4v) is 2.11.